The first-order valence-electron chi connectivity index (χ1n) is 6.79. The molecule has 1 aliphatic rings. The Morgan fingerprint density at radius 1 is 1.24 bits per heavy atom. The van der Waals surface area contributed by atoms with Crippen LogP contribution < -0.4 is 0 Å². The van der Waals surface area contributed by atoms with Gasteiger partial charge in [0.05, 0.1) is 6.42 Å². The van der Waals surface area contributed by atoms with Gasteiger partial charge in [0.25, 0.3) is 0 Å². The van der Waals surface area contributed by atoms with Gasteiger partial charge in [0.1, 0.15) is 0 Å². The van der Waals surface area contributed by atoms with Crippen LogP contribution in [0.25, 0.3) is 0 Å². The molecule has 1 aromatic carbocycles. The van der Waals surface area contributed by atoms with Gasteiger partial charge in [0.2, 0.25) is 5.91 Å². The maximum atomic E-state index is 12.5. The lowest BCUT2D eigenvalue weighted by Crippen LogP contribution is -2.44. The molecule has 108 valence electrons. The van der Waals surface area contributed by atoms with Gasteiger partial charge in [-0.2, -0.15) is 0 Å². The van der Waals surface area contributed by atoms with E-state index in [1.165, 1.54) is 16.2 Å². The summed E-state index contributed by atoms with van der Waals surface area (Å²) in [5, 5.41) is 11.5. The molecular weight excluding hydrogens is 286 g/mol. The number of hydrogen-bond acceptors (Lipinski definition) is 3. The summed E-state index contributed by atoms with van der Waals surface area (Å²) in [5.41, 5.74) is 1.75. The molecule has 5 heteroatoms. The Hall–Kier alpha value is -2.14. The predicted octanol–water partition coefficient (Wildman–Crippen LogP) is 2.50. The van der Waals surface area contributed by atoms with Crippen molar-refractivity contribution in [2.45, 2.75) is 18.9 Å². The second-order valence-electron chi connectivity index (χ2n) is 5.03. The number of fused-ring (bicyclic) bond motifs is 1. The van der Waals surface area contributed by atoms with Gasteiger partial charge in [0, 0.05) is 11.4 Å². The van der Waals surface area contributed by atoms with E-state index in [-0.39, 0.29) is 12.3 Å². The fraction of sp³-hybridized carbons (Fsp3) is 0.250. The summed E-state index contributed by atoms with van der Waals surface area (Å²) in [4.78, 5) is 26.6. The first-order valence-corrected chi connectivity index (χ1v) is 7.67. The number of carboxylic acid groups (broad SMARTS) is 1. The third kappa shape index (κ3) is 2.69. The van der Waals surface area contributed by atoms with Crippen LogP contribution in [0.1, 0.15) is 22.0 Å². The molecule has 3 rings (SSSR count). The highest BCUT2D eigenvalue weighted by atomic mass is 32.1. The predicted molar refractivity (Wildman–Crippen MR) is 80.3 cm³/mol. The van der Waals surface area contributed by atoms with Crippen molar-refractivity contribution in [3.63, 3.8) is 0 Å². The number of rotatable bonds is 3. The van der Waals surface area contributed by atoms with Gasteiger partial charge in [0.15, 0.2) is 6.04 Å². The van der Waals surface area contributed by atoms with E-state index in [0.717, 1.165) is 16.0 Å². The van der Waals surface area contributed by atoms with E-state index in [1.54, 1.807) is 6.07 Å². The summed E-state index contributed by atoms with van der Waals surface area (Å²) in [5.74, 6) is -1.10. The van der Waals surface area contributed by atoms with Crippen molar-refractivity contribution in [1.82, 2.24) is 4.90 Å². The van der Waals surface area contributed by atoms with E-state index < -0.39 is 12.0 Å². The average molecular weight is 301 g/mol. The molecule has 1 atom stereocenters. The van der Waals surface area contributed by atoms with Crippen LogP contribution in [-0.2, 0) is 22.4 Å². The third-order valence-corrected chi connectivity index (χ3v) is 4.62. The highest BCUT2D eigenvalue weighted by molar-refractivity contribution is 7.10. The minimum absolute atomic E-state index is 0.126. The number of benzene rings is 1. The van der Waals surface area contributed by atoms with E-state index in [4.69, 9.17) is 0 Å². The molecule has 2 heterocycles. The van der Waals surface area contributed by atoms with E-state index >= 15 is 0 Å². The molecule has 21 heavy (non-hydrogen) atoms. The molecule has 0 saturated heterocycles. The van der Waals surface area contributed by atoms with Crippen molar-refractivity contribution in [2.24, 2.45) is 0 Å². The lowest BCUT2D eigenvalue weighted by atomic mass is 9.92. The maximum absolute atomic E-state index is 12.5. The molecule has 0 spiro atoms. The molecule has 1 aliphatic heterocycles. The molecule has 2 aromatic rings. The Morgan fingerprint density at radius 2 is 2.05 bits per heavy atom. The molecule has 0 aliphatic carbocycles. The van der Waals surface area contributed by atoms with Crippen molar-refractivity contribution >= 4 is 23.2 Å². The molecule has 1 unspecified atom stereocenters. The largest absolute Gasteiger partial charge is 0.479 e. The van der Waals surface area contributed by atoms with Crippen molar-refractivity contribution in [3.8, 4) is 0 Å². The van der Waals surface area contributed by atoms with Crippen LogP contribution in [-0.4, -0.2) is 28.4 Å². The van der Waals surface area contributed by atoms with Gasteiger partial charge < -0.3 is 10.0 Å². The highest BCUT2D eigenvalue weighted by Crippen LogP contribution is 2.30. The summed E-state index contributed by atoms with van der Waals surface area (Å²) in [6, 6.07) is 10.4. The van der Waals surface area contributed by atoms with E-state index in [2.05, 4.69) is 0 Å². The summed E-state index contributed by atoms with van der Waals surface area (Å²) >= 11 is 1.52. The average Bonchev–Trinajstić information content (AvgIpc) is 2.98. The first kappa shape index (κ1) is 13.8. The molecule has 0 fully saturated rings. The van der Waals surface area contributed by atoms with Crippen LogP contribution in [0.4, 0.5) is 0 Å². The Balaban J connectivity index is 1.88. The number of carbonyl (C=O) groups is 2. The Kier molecular flexibility index (Phi) is 3.75. The SMILES string of the molecule is O=C(O)C1c2ccccc2CCN1C(=O)Cc1cccs1. The van der Waals surface area contributed by atoms with Gasteiger partial charge in [-0.05, 0) is 29.0 Å². The summed E-state index contributed by atoms with van der Waals surface area (Å²) in [6.45, 7) is 0.457. The van der Waals surface area contributed by atoms with Gasteiger partial charge in [-0.15, -0.1) is 11.3 Å². The molecule has 1 aromatic heterocycles. The van der Waals surface area contributed by atoms with Crippen LogP contribution in [0.3, 0.4) is 0 Å². The number of thiophene rings is 1. The zero-order valence-electron chi connectivity index (χ0n) is 11.4. The zero-order valence-corrected chi connectivity index (χ0v) is 12.2. The van der Waals surface area contributed by atoms with E-state index in [0.29, 0.717) is 13.0 Å². The molecular formula is C16H15NO3S. The van der Waals surface area contributed by atoms with E-state index in [1.807, 2.05) is 35.7 Å². The molecule has 4 nitrogen and oxygen atoms in total. The van der Waals surface area contributed by atoms with E-state index in [9.17, 15) is 14.7 Å². The van der Waals surface area contributed by atoms with Gasteiger partial charge in [-0.25, -0.2) is 4.79 Å². The number of amides is 1. The fourth-order valence-corrected chi connectivity index (χ4v) is 3.46. The summed E-state index contributed by atoms with van der Waals surface area (Å²) in [6.07, 6.45) is 0.972. The molecule has 1 N–H and O–H groups in total. The Morgan fingerprint density at radius 3 is 2.76 bits per heavy atom. The summed E-state index contributed by atoms with van der Waals surface area (Å²) < 4.78 is 0. The quantitative estimate of drug-likeness (QED) is 0.947. The Bertz CT molecular complexity index is 666. The van der Waals surface area contributed by atoms with Crippen LogP contribution in [0.5, 0.6) is 0 Å². The van der Waals surface area contributed by atoms with Crippen molar-refractivity contribution < 1.29 is 14.7 Å². The highest BCUT2D eigenvalue weighted by Gasteiger charge is 2.35. The number of nitrogens with zero attached hydrogens (tertiary/aromatic N) is 1. The number of carboxylic acids is 1. The maximum Gasteiger partial charge on any atom is 0.331 e. The van der Waals surface area contributed by atoms with Crippen molar-refractivity contribution in [2.75, 3.05) is 6.54 Å². The van der Waals surface area contributed by atoms with Crippen molar-refractivity contribution in [3.05, 3.63) is 57.8 Å². The monoisotopic (exact) mass is 301 g/mol. The van der Waals surface area contributed by atoms with Gasteiger partial charge in [-0.1, -0.05) is 30.3 Å². The van der Waals surface area contributed by atoms with Crippen LogP contribution >= 0.6 is 11.3 Å². The normalized spacial score (nSPS) is 17.3. The number of aliphatic carboxylic acids is 1. The topological polar surface area (TPSA) is 57.6 Å². The zero-order chi connectivity index (χ0) is 14.8. The van der Waals surface area contributed by atoms with Gasteiger partial charge >= 0.3 is 5.97 Å². The second-order valence-corrected chi connectivity index (χ2v) is 6.07. The minimum Gasteiger partial charge on any atom is -0.479 e. The molecule has 1 amide bonds. The minimum atomic E-state index is -0.971. The smallest absolute Gasteiger partial charge is 0.331 e. The van der Waals surface area contributed by atoms with Crippen LogP contribution in [0, 0.1) is 0 Å². The number of carbonyl (C=O) groups excluding carboxylic acids is 1. The molecule has 0 saturated carbocycles. The third-order valence-electron chi connectivity index (χ3n) is 3.74. The van der Waals surface area contributed by atoms with Gasteiger partial charge in [-0.3, -0.25) is 4.79 Å². The van der Waals surface area contributed by atoms with Crippen LogP contribution in [0.15, 0.2) is 41.8 Å². The number of hydrogen-bond donors (Lipinski definition) is 1. The fourth-order valence-electron chi connectivity index (χ4n) is 2.77. The summed E-state index contributed by atoms with van der Waals surface area (Å²) in [7, 11) is 0. The Labute approximate surface area is 126 Å². The second kappa shape index (κ2) is 5.69. The lowest BCUT2D eigenvalue weighted by Gasteiger charge is -2.34. The van der Waals surface area contributed by atoms with Crippen LogP contribution in [0.2, 0.25) is 0 Å². The first-order chi connectivity index (χ1) is 10.2. The molecule has 0 radical (unpaired) electrons. The van der Waals surface area contributed by atoms with Crippen molar-refractivity contribution in [1.29, 1.82) is 0 Å². The molecule has 0 bridgehead atoms. The standard InChI is InChI=1S/C16H15NO3S/c18-14(10-12-5-3-9-21-12)17-8-7-11-4-1-2-6-13(11)15(17)16(19)20/h1-6,9,15H,7-8,10H2,(H,19,20). The lowest BCUT2D eigenvalue weighted by molar-refractivity contribution is -0.151.